The van der Waals surface area contributed by atoms with Gasteiger partial charge in [-0.25, -0.2) is 0 Å². The summed E-state index contributed by atoms with van der Waals surface area (Å²) in [5.74, 6) is 1.60. The second-order valence-electron chi connectivity index (χ2n) is 11.7. The van der Waals surface area contributed by atoms with Crippen molar-refractivity contribution in [3.8, 4) is 33.8 Å². The van der Waals surface area contributed by atoms with Gasteiger partial charge < -0.3 is 19.2 Å². The molecular weight excluding hydrogens is 566 g/mol. The van der Waals surface area contributed by atoms with Crippen molar-refractivity contribution in [1.82, 2.24) is 5.32 Å². The van der Waals surface area contributed by atoms with Crippen LogP contribution in [0.3, 0.4) is 0 Å². The van der Waals surface area contributed by atoms with Crippen molar-refractivity contribution in [3.63, 3.8) is 0 Å². The number of dihydropyridines is 1. The SMILES string of the molecule is C1=C(c2ccc3c(c2)-c2cc(-c4ccc5c(c4)oc4ccccc45)ccc2OCO3)C=C(c2ccccc2)NC1c1ccccc1. The van der Waals surface area contributed by atoms with Gasteiger partial charge >= 0.3 is 0 Å². The van der Waals surface area contributed by atoms with Gasteiger partial charge in [0.25, 0.3) is 0 Å². The zero-order valence-corrected chi connectivity index (χ0v) is 24.9. The Kier molecular flexibility index (Phi) is 6.24. The smallest absolute Gasteiger partial charge is 0.230 e. The van der Waals surface area contributed by atoms with Gasteiger partial charge in [0.2, 0.25) is 6.79 Å². The normalized spacial score (nSPS) is 15.4. The zero-order chi connectivity index (χ0) is 30.5. The van der Waals surface area contributed by atoms with Gasteiger partial charge in [0.05, 0.1) is 6.04 Å². The van der Waals surface area contributed by atoms with Gasteiger partial charge in [-0.3, -0.25) is 0 Å². The van der Waals surface area contributed by atoms with Gasteiger partial charge in [-0.15, -0.1) is 0 Å². The lowest BCUT2D eigenvalue weighted by Gasteiger charge is -2.26. The maximum Gasteiger partial charge on any atom is 0.230 e. The van der Waals surface area contributed by atoms with Crippen LogP contribution >= 0.6 is 0 Å². The topological polar surface area (TPSA) is 43.6 Å². The minimum absolute atomic E-state index is 0.0295. The van der Waals surface area contributed by atoms with Crippen molar-refractivity contribution in [3.05, 3.63) is 168 Å². The van der Waals surface area contributed by atoms with Crippen LogP contribution in [0.5, 0.6) is 11.5 Å². The summed E-state index contributed by atoms with van der Waals surface area (Å²) >= 11 is 0. The molecule has 220 valence electrons. The zero-order valence-electron chi connectivity index (χ0n) is 24.9. The highest BCUT2D eigenvalue weighted by atomic mass is 16.7. The van der Waals surface area contributed by atoms with E-state index in [0.717, 1.165) is 78.1 Å². The summed E-state index contributed by atoms with van der Waals surface area (Å²) in [7, 11) is 0. The van der Waals surface area contributed by atoms with Gasteiger partial charge in [-0.2, -0.15) is 0 Å². The first-order chi connectivity index (χ1) is 22.8. The Morgan fingerprint density at radius 3 is 1.96 bits per heavy atom. The van der Waals surface area contributed by atoms with Crippen molar-refractivity contribution in [1.29, 1.82) is 0 Å². The number of allylic oxidation sites excluding steroid dienone is 2. The Morgan fingerprint density at radius 1 is 0.522 bits per heavy atom. The van der Waals surface area contributed by atoms with Gasteiger partial charge in [-0.1, -0.05) is 97.1 Å². The Balaban J connectivity index is 1.15. The third-order valence-electron chi connectivity index (χ3n) is 8.92. The first kappa shape index (κ1) is 26.4. The number of ether oxygens (including phenoxy) is 2. The van der Waals surface area contributed by atoms with E-state index in [2.05, 4.69) is 127 Å². The van der Waals surface area contributed by atoms with Gasteiger partial charge in [-0.05, 0) is 88.0 Å². The molecule has 0 fully saturated rings. The van der Waals surface area contributed by atoms with Crippen LogP contribution in [0.15, 0.2) is 156 Å². The average molecular weight is 596 g/mol. The lowest BCUT2D eigenvalue weighted by molar-refractivity contribution is 0.125. The largest absolute Gasteiger partial charge is 0.457 e. The van der Waals surface area contributed by atoms with E-state index in [1.165, 1.54) is 5.56 Å². The fourth-order valence-corrected chi connectivity index (χ4v) is 6.59. The molecule has 0 radical (unpaired) electrons. The molecule has 0 amide bonds. The summed E-state index contributed by atoms with van der Waals surface area (Å²) in [6.07, 6.45) is 4.54. The molecule has 1 aromatic heterocycles. The molecule has 2 aliphatic rings. The summed E-state index contributed by atoms with van der Waals surface area (Å²) in [6.45, 7) is 0.157. The number of hydrogen-bond donors (Lipinski definition) is 1. The molecule has 7 aromatic rings. The highest BCUT2D eigenvalue weighted by Crippen LogP contribution is 2.44. The van der Waals surface area contributed by atoms with Crippen LogP contribution < -0.4 is 14.8 Å². The fourth-order valence-electron chi connectivity index (χ4n) is 6.59. The van der Waals surface area contributed by atoms with E-state index in [4.69, 9.17) is 13.9 Å². The van der Waals surface area contributed by atoms with E-state index in [9.17, 15) is 0 Å². The molecule has 0 saturated carbocycles. The molecule has 0 spiro atoms. The molecule has 46 heavy (non-hydrogen) atoms. The second kappa shape index (κ2) is 10.9. The second-order valence-corrected chi connectivity index (χ2v) is 11.7. The van der Waals surface area contributed by atoms with E-state index >= 15 is 0 Å². The highest BCUT2D eigenvalue weighted by molar-refractivity contribution is 6.06. The molecule has 2 aliphatic heterocycles. The highest BCUT2D eigenvalue weighted by Gasteiger charge is 2.22. The summed E-state index contributed by atoms with van der Waals surface area (Å²) in [4.78, 5) is 0. The molecule has 6 aromatic carbocycles. The van der Waals surface area contributed by atoms with Crippen LogP contribution in [0.2, 0.25) is 0 Å². The van der Waals surface area contributed by atoms with E-state index < -0.39 is 0 Å². The van der Waals surface area contributed by atoms with Crippen molar-refractivity contribution in [2.75, 3.05) is 6.79 Å². The van der Waals surface area contributed by atoms with E-state index in [1.807, 2.05) is 30.3 Å². The summed E-state index contributed by atoms with van der Waals surface area (Å²) in [5.41, 5.74) is 11.6. The van der Waals surface area contributed by atoms with Crippen molar-refractivity contribution in [2.24, 2.45) is 0 Å². The maximum atomic E-state index is 6.21. The van der Waals surface area contributed by atoms with Gasteiger partial charge in [0.1, 0.15) is 22.7 Å². The minimum atomic E-state index is 0.0295. The number of hydrogen-bond acceptors (Lipinski definition) is 4. The number of benzene rings is 6. The van der Waals surface area contributed by atoms with Crippen LogP contribution in [0.25, 0.3) is 55.5 Å². The molecule has 0 aliphatic carbocycles. The molecule has 1 N–H and O–H groups in total. The van der Waals surface area contributed by atoms with E-state index in [0.29, 0.717) is 0 Å². The Labute approximate surface area is 266 Å². The first-order valence-corrected chi connectivity index (χ1v) is 15.5. The number of fused-ring (bicyclic) bond motifs is 6. The van der Waals surface area contributed by atoms with Crippen LogP contribution in [0.4, 0.5) is 0 Å². The maximum absolute atomic E-state index is 6.21. The molecule has 4 heteroatoms. The van der Waals surface area contributed by atoms with E-state index in [-0.39, 0.29) is 12.8 Å². The number of nitrogens with one attached hydrogen (secondary N) is 1. The molecule has 0 saturated heterocycles. The van der Waals surface area contributed by atoms with Gasteiger partial charge in [0, 0.05) is 27.6 Å². The molecule has 1 unspecified atom stereocenters. The summed E-state index contributed by atoms with van der Waals surface area (Å²) in [6, 6.07) is 48.5. The molecule has 9 rings (SSSR count). The van der Waals surface area contributed by atoms with E-state index in [1.54, 1.807) is 0 Å². The Morgan fingerprint density at radius 2 is 1.15 bits per heavy atom. The summed E-state index contributed by atoms with van der Waals surface area (Å²) in [5, 5.41) is 6.00. The van der Waals surface area contributed by atoms with Crippen LogP contribution in [-0.2, 0) is 0 Å². The predicted octanol–water partition coefficient (Wildman–Crippen LogP) is 10.4. The third-order valence-corrected chi connectivity index (χ3v) is 8.92. The fraction of sp³-hybridized carbons (Fsp3) is 0.0476. The lowest BCUT2D eigenvalue weighted by atomic mass is 9.91. The van der Waals surface area contributed by atoms with Crippen LogP contribution in [-0.4, -0.2) is 6.79 Å². The van der Waals surface area contributed by atoms with Crippen molar-refractivity contribution < 1.29 is 13.9 Å². The van der Waals surface area contributed by atoms with Crippen molar-refractivity contribution in [2.45, 2.75) is 6.04 Å². The monoisotopic (exact) mass is 595 g/mol. The minimum Gasteiger partial charge on any atom is -0.457 e. The molecule has 4 nitrogen and oxygen atoms in total. The van der Waals surface area contributed by atoms with Crippen LogP contribution in [0.1, 0.15) is 22.7 Å². The van der Waals surface area contributed by atoms with Crippen LogP contribution in [0, 0.1) is 0 Å². The third kappa shape index (κ3) is 4.63. The number of rotatable bonds is 4. The first-order valence-electron chi connectivity index (χ1n) is 15.5. The number of para-hydroxylation sites is 1. The molecule has 3 heterocycles. The summed E-state index contributed by atoms with van der Waals surface area (Å²) < 4.78 is 18.4. The standard InChI is InChI=1S/C42H29NO3/c1-3-9-27(10-4-1)37-23-32(24-38(43-37)28-11-5-2-6-12-28)30-17-20-40-36(22-30)35-21-29(16-19-39(35)44-26-45-40)31-15-18-34-33-13-7-8-14-41(33)46-42(34)25-31/h1-25,37,43H,26H2. The molecule has 1 atom stereocenters. The van der Waals surface area contributed by atoms with Crippen molar-refractivity contribution >= 4 is 33.2 Å². The lowest BCUT2D eigenvalue weighted by Crippen LogP contribution is -2.21. The Hall–Kier alpha value is -6.00. The molecular formula is C42H29NO3. The Bertz CT molecular complexity index is 2320. The predicted molar refractivity (Wildman–Crippen MR) is 185 cm³/mol. The average Bonchev–Trinajstić information content (AvgIpc) is 3.40. The number of furan rings is 1. The quantitative estimate of drug-likeness (QED) is 0.220. The van der Waals surface area contributed by atoms with Gasteiger partial charge in [0.15, 0.2) is 0 Å². The molecule has 0 bridgehead atoms.